The van der Waals surface area contributed by atoms with E-state index < -0.39 is 0 Å². The predicted octanol–water partition coefficient (Wildman–Crippen LogP) is 1.12. The normalized spacial score (nSPS) is 12.6. The molecule has 2 aromatic heterocycles. The van der Waals surface area contributed by atoms with Crippen LogP contribution < -0.4 is 10.1 Å². The van der Waals surface area contributed by atoms with Crippen LogP contribution in [0.25, 0.3) is 0 Å². The van der Waals surface area contributed by atoms with Crippen molar-refractivity contribution < 1.29 is 4.74 Å². The number of ether oxygens (including phenoxy) is 1. The standard InChI is InChI=1S/C12H20N6O/c1-4-6-13-11(9-7-14-17-16-9)12-10(19-3)8-15-18(12)5-2/h7-8,11,13H,4-6H2,1-3H3,(H,14,16,17). The van der Waals surface area contributed by atoms with Crippen LogP contribution in [0.4, 0.5) is 0 Å². The lowest BCUT2D eigenvalue weighted by Gasteiger charge is -2.18. The Kier molecular flexibility index (Phi) is 4.51. The van der Waals surface area contributed by atoms with E-state index in [1.807, 2.05) is 4.68 Å². The molecule has 104 valence electrons. The number of aromatic amines is 1. The third-order valence-electron chi connectivity index (χ3n) is 2.97. The van der Waals surface area contributed by atoms with Crippen molar-refractivity contribution in [2.45, 2.75) is 32.9 Å². The molecule has 1 atom stereocenters. The third-order valence-corrected chi connectivity index (χ3v) is 2.97. The van der Waals surface area contributed by atoms with Gasteiger partial charge in [-0.25, -0.2) is 0 Å². The average Bonchev–Trinajstić information content (AvgIpc) is 3.08. The van der Waals surface area contributed by atoms with Gasteiger partial charge >= 0.3 is 0 Å². The SMILES string of the molecule is CCCNC(c1cn[nH]n1)c1c(OC)cnn1CC. The molecule has 7 nitrogen and oxygen atoms in total. The van der Waals surface area contributed by atoms with Crippen LogP contribution in [0.1, 0.15) is 37.7 Å². The van der Waals surface area contributed by atoms with Gasteiger partial charge in [0.15, 0.2) is 5.75 Å². The minimum atomic E-state index is -0.0731. The van der Waals surface area contributed by atoms with E-state index in [4.69, 9.17) is 4.74 Å². The maximum Gasteiger partial charge on any atom is 0.161 e. The van der Waals surface area contributed by atoms with Gasteiger partial charge in [-0.2, -0.15) is 20.5 Å². The molecule has 2 heterocycles. The smallest absolute Gasteiger partial charge is 0.161 e. The number of rotatable bonds is 7. The summed E-state index contributed by atoms with van der Waals surface area (Å²) in [6, 6.07) is -0.0731. The van der Waals surface area contributed by atoms with Crippen molar-refractivity contribution in [1.29, 1.82) is 0 Å². The maximum atomic E-state index is 5.41. The summed E-state index contributed by atoms with van der Waals surface area (Å²) in [6.07, 6.45) is 4.50. The molecule has 0 bridgehead atoms. The molecule has 0 aromatic carbocycles. The van der Waals surface area contributed by atoms with Gasteiger partial charge in [0.1, 0.15) is 11.4 Å². The first-order chi connectivity index (χ1) is 9.31. The Labute approximate surface area is 112 Å². The number of hydrogen-bond acceptors (Lipinski definition) is 5. The van der Waals surface area contributed by atoms with E-state index >= 15 is 0 Å². The second-order valence-corrected chi connectivity index (χ2v) is 4.20. The number of hydrogen-bond donors (Lipinski definition) is 2. The van der Waals surface area contributed by atoms with E-state index in [1.165, 1.54) is 0 Å². The lowest BCUT2D eigenvalue weighted by Crippen LogP contribution is -2.26. The summed E-state index contributed by atoms with van der Waals surface area (Å²) in [6.45, 7) is 5.84. The molecule has 0 saturated heterocycles. The Morgan fingerprint density at radius 1 is 1.42 bits per heavy atom. The van der Waals surface area contributed by atoms with Crippen molar-refractivity contribution in [3.05, 3.63) is 23.8 Å². The molecule has 2 rings (SSSR count). The van der Waals surface area contributed by atoms with Gasteiger partial charge in [0.2, 0.25) is 0 Å². The predicted molar refractivity (Wildman–Crippen MR) is 71.0 cm³/mol. The molecule has 2 N–H and O–H groups in total. The molecule has 19 heavy (non-hydrogen) atoms. The largest absolute Gasteiger partial charge is 0.493 e. The van der Waals surface area contributed by atoms with Crippen molar-refractivity contribution in [2.75, 3.05) is 13.7 Å². The minimum Gasteiger partial charge on any atom is -0.493 e. The van der Waals surface area contributed by atoms with Crippen molar-refractivity contribution in [3.8, 4) is 5.75 Å². The monoisotopic (exact) mass is 264 g/mol. The van der Waals surface area contributed by atoms with Crippen molar-refractivity contribution in [1.82, 2.24) is 30.5 Å². The van der Waals surface area contributed by atoms with E-state index in [2.05, 4.69) is 39.7 Å². The Hall–Kier alpha value is -1.89. The molecular weight excluding hydrogens is 244 g/mol. The third kappa shape index (κ3) is 2.76. The highest BCUT2D eigenvalue weighted by molar-refractivity contribution is 5.33. The number of aromatic nitrogens is 5. The molecule has 1 unspecified atom stereocenters. The van der Waals surface area contributed by atoms with Crippen molar-refractivity contribution >= 4 is 0 Å². The summed E-state index contributed by atoms with van der Waals surface area (Å²) in [5.74, 6) is 0.762. The van der Waals surface area contributed by atoms with Gasteiger partial charge in [-0.15, -0.1) is 0 Å². The maximum absolute atomic E-state index is 5.41. The van der Waals surface area contributed by atoms with Crippen LogP contribution in [0, 0.1) is 0 Å². The van der Waals surface area contributed by atoms with E-state index in [0.29, 0.717) is 0 Å². The molecule has 0 saturated carbocycles. The van der Waals surface area contributed by atoms with Crippen LogP contribution in [0.5, 0.6) is 5.75 Å². The first-order valence-electron chi connectivity index (χ1n) is 6.50. The summed E-state index contributed by atoms with van der Waals surface area (Å²) in [5.41, 5.74) is 1.81. The fourth-order valence-corrected chi connectivity index (χ4v) is 2.06. The molecule has 2 aromatic rings. The van der Waals surface area contributed by atoms with E-state index in [0.717, 1.165) is 36.6 Å². The van der Waals surface area contributed by atoms with E-state index in [9.17, 15) is 0 Å². The minimum absolute atomic E-state index is 0.0731. The number of aryl methyl sites for hydroxylation is 1. The highest BCUT2D eigenvalue weighted by atomic mass is 16.5. The topological polar surface area (TPSA) is 80.7 Å². The molecule has 0 aliphatic heterocycles. The number of H-pyrrole nitrogens is 1. The van der Waals surface area contributed by atoms with Crippen molar-refractivity contribution in [3.63, 3.8) is 0 Å². The zero-order valence-corrected chi connectivity index (χ0v) is 11.6. The van der Waals surface area contributed by atoms with Gasteiger partial charge in [0.05, 0.1) is 25.5 Å². The lowest BCUT2D eigenvalue weighted by atomic mass is 10.1. The summed E-state index contributed by atoms with van der Waals surface area (Å²) in [7, 11) is 1.65. The second kappa shape index (κ2) is 6.33. The molecule has 0 fully saturated rings. The summed E-state index contributed by atoms with van der Waals surface area (Å²) in [5, 5.41) is 18.5. The van der Waals surface area contributed by atoms with Gasteiger partial charge < -0.3 is 10.1 Å². The van der Waals surface area contributed by atoms with Crippen LogP contribution >= 0.6 is 0 Å². The number of nitrogens with zero attached hydrogens (tertiary/aromatic N) is 4. The number of methoxy groups -OCH3 is 1. The first-order valence-corrected chi connectivity index (χ1v) is 6.50. The Bertz CT molecular complexity index is 471. The summed E-state index contributed by atoms with van der Waals surface area (Å²) < 4.78 is 7.32. The molecule has 0 spiro atoms. The Morgan fingerprint density at radius 2 is 2.26 bits per heavy atom. The van der Waals surface area contributed by atoms with Crippen LogP contribution in [0.2, 0.25) is 0 Å². The Morgan fingerprint density at radius 3 is 2.84 bits per heavy atom. The summed E-state index contributed by atoms with van der Waals surface area (Å²) in [4.78, 5) is 0. The van der Waals surface area contributed by atoms with Gasteiger partial charge in [-0.1, -0.05) is 6.92 Å². The quantitative estimate of drug-likeness (QED) is 0.783. The lowest BCUT2D eigenvalue weighted by molar-refractivity contribution is 0.398. The molecule has 0 aliphatic carbocycles. The van der Waals surface area contributed by atoms with E-state index in [-0.39, 0.29) is 6.04 Å². The number of nitrogens with one attached hydrogen (secondary N) is 2. The highest BCUT2D eigenvalue weighted by Crippen LogP contribution is 2.28. The van der Waals surface area contributed by atoms with Crippen LogP contribution in [-0.4, -0.2) is 38.8 Å². The molecule has 0 aliphatic rings. The average molecular weight is 264 g/mol. The first kappa shape index (κ1) is 13.5. The molecule has 0 amide bonds. The van der Waals surface area contributed by atoms with Gasteiger partial charge in [0, 0.05) is 6.54 Å². The van der Waals surface area contributed by atoms with Crippen molar-refractivity contribution in [2.24, 2.45) is 0 Å². The molecule has 0 radical (unpaired) electrons. The molecule has 7 heteroatoms. The Balaban J connectivity index is 2.39. The van der Waals surface area contributed by atoms with Crippen LogP contribution in [0.15, 0.2) is 12.4 Å². The fourth-order valence-electron chi connectivity index (χ4n) is 2.06. The van der Waals surface area contributed by atoms with Gasteiger partial charge in [-0.05, 0) is 19.9 Å². The summed E-state index contributed by atoms with van der Waals surface area (Å²) >= 11 is 0. The highest BCUT2D eigenvalue weighted by Gasteiger charge is 2.24. The zero-order valence-electron chi connectivity index (χ0n) is 11.6. The van der Waals surface area contributed by atoms with Gasteiger partial charge in [-0.3, -0.25) is 4.68 Å². The second-order valence-electron chi connectivity index (χ2n) is 4.20. The van der Waals surface area contributed by atoms with Crippen LogP contribution in [-0.2, 0) is 6.54 Å². The van der Waals surface area contributed by atoms with Gasteiger partial charge in [0.25, 0.3) is 0 Å². The molecular formula is C12H20N6O. The zero-order chi connectivity index (χ0) is 13.7. The fraction of sp³-hybridized carbons (Fsp3) is 0.583. The van der Waals surface area contributed by atoms with E-state index in [1.54, 1.807) is 19.5 Å². The van der Waals surface area contributed by atoms with Crippen LogP contribution in [0.3, 0.4) is 0 Å².